The van der Waals surface area contributed by atoms with Crippen LogP contribution in [0.5, 0.6) is 0 Å². The standard InChI is InChI=1S/C34H50O8S/c1-18(35)42-29(3,4)14-13-25(38)34(10,41)27-22(37)16-31(7)24-12-11-20-21(33(24,9)26(39)17-32(27,31)8)15-23(43-19(2)36)28(40)30(20,5)6/h11,21-24,27,37,41H,12-17H2,1-10H3/t21-,22-,23+,24+,27+,31+,32-,33+,34+/m1/s1. The summed E-state index contributed by atoms with van der Waals surface area (Å²) in [4.78, 5) is 65.3. The zero-order chi connectivity index (χ0) is 32.7. The molecule has 43 heavy (non-hydrogen) atoms. The summed E-state index contributed by atoms with van der Waals surface area (Å²) in [5.41, 5.74) is -4.96. The molecule has 9 atom stereocenters. The van der Waals surface area contributed by atoms with Crippen molar-refractivity contribution in [1.29, 1.82) is 0 Å². The van der Waals surface area contributed by atoms with Crippen LogP contribution in [0.25, 0.3) is 0 Å². The number of Topliss-reactive ketones (excluding diaryl/α,β-unsaturated/α-hetero) is 3. The first-order valence-electron chi connectivity index (χ1n) is 15.6. The lowest BCUT2D eigenvalue weighted by Gasteiger charge is -2.64. The number of carbonyl (C=O) groups is 5. The smallest absolute Gasteiger partial charge is 0.303 e. The second-order valence-corrected chi connectivity index (χ2v) is 17.1. The number of rotatable bonds is 7. The van der Waals surface area contributed by atoms with Crippen molar-refractivity contribution in [3.8, 4) is 0 Å². The Labute approximate surface area is 260 Å². The predicted molar refractivity (Wildman–Crippen MR) is 164 cm³/mol. The summed E-state index contributed by atoms with van der Waals surface area (Å²) >= 11 is 1.05. The van der Waals surface area contributed by atoms with E-state index in [1.807, 2.05) is 27.7 Å². The molecule has 4 rings (SSSR count). The van der Waals surface area contributed by atoms with E-state index < -0.39 is 61.9 Å². The molecule has 0 aromatic heterocycles. The normalized spacial score (nSPS) is 40.0. The molecule has 240 valence electrons. The van der Waals surface area contributed by atoms with E-state index in [9.17, 15) is 34.2 Å². The summed E-state index contributed by atoms with van der Waals surface area (Å²) in [5, 5.41) is 22.9. The first kappa shape index (κ1) is 34.0. The molecule has 9 heteroatoms. The van der Waals surface area contributed by atoms with Gasteiger partial charge in [0, 0.05) is 43.4 Å². The predicted octanol–water partition coefficient (Wildman–Crippen LogP) is 5.01. The number of carbonyl (C=O) groups excluding carboxylic acids is 5. The lowest BCUT2D eigenvalue weighted by atomic mass is 9.38. The molecule has 0 aliphatic heterocycles. The topological polar surface area (TPSA) is 135 Å². The molecular weight excluding hydrogens is 568 g/mol. The molecule has 0 bridgehead atoms. The lowest BCUT2D eigenvalue weighted by molar-refractivity contribution is -0.183. The van der Waals surface area contributed by atoms with E-state index in [0.717, 1.165) is 17.3 Å². The van der Waals surface area contributed by atoms with Crippen molar-refractivity contribution in [2.45, 2.75) is 130 Å². The Morgan fingerprint density at radius 2 is 1.65 bits per heavy atom. The van der Waals surface area contributed by atoms with E-state index in [-0.39, 0.29) is 47.8 Å². The van der Waals surface area contributed by atoms with Crippen LogP contribution in [0.1, 0.15) is 108 Å². The van der Waals surface area contributed by atoms with E-state index in [0.29, 0.717) is 19.3 Å². The van der Waals surface area contributed by atoms with Gasteiger partial charge >= 0.3 is 5.97 Å². The maximum absolute atomic E-state index is 14.5. The van der Waals surface area contributed by atoms with Crippen molar-refractivity contribution in [3.05, 3.63) is 11.6 Å². The van der Waals surface area contributed by atoms with Gasteiger partial charge in [0.15, 0.2) is 16.7 Å². The highest BCUT2D eigenvalue weighted by molar-refractivity contribution is 8.14. The number of hydrogen-bond acceptors (Lipinski definition) is 9. The molecular formula is C34H50O8S. The Hall–Kier alpha value is -1.84. The van der Waals surface area contributed by atoms with Crippen LogP contribution >= 0.6 is 11.8 Å². The van der Waals surface area contributed by atoms with Crippen LogP contribution in [0.15, 0.2) is 11.6 Å². The lowest BCUT2D eigenvalue weighted by Crippen LogP contribution is -2.65. The average Bonchev–Trinajstić information content (AvgIpc) is 3.05. The fourth-order valence-electron chi connectivity index (χ4n) is 9.96. The summed E-state index contributed by atoms with van der Waals surface area (Å²) in [6.07, 6.45) is 2.64. The Kier molecular flexibility index (Phi) is 8.41. The monoisotopic (exact) mass is 618 g/mol. The minimum absolute atomic E-state index is 0.0133. The third-order valence-electron chi connectivity index (χ3n) is 12.2. The van der Waals surface area contributed by atoms with Gasteiger partial charge in [-0.2, -0.15) is 0 Å². The molecule has 4 aliphatic rings. The van der Waals surface area contributed by atoms with Gasteiger partial charge < -0.3 is 14.9 Å². The van der Waals surface area contributed by atoms with E-state index in [4.69, 9.17) is 4.74 Å². The third kappa shape index (κ3) is 5.09. The molecule has 0 saturated heterocycles. The van der Waals surface area contributed by atoms with Crippen LogP contribution in [0.4, 0.5) is 0 Å². The summed E-state index contributed by atoms with van der Waals surface area (Å²) in [6.45, 7) is 17.5. The van der Waals surface area contributed by atoms with E-state index >= 15 is 0 Å². The number of ketones is 3. The van der Waals surface area contributed by atoms with Crippen LogP contribution in [-0.4, -0.2) is 61.2 Å². The number of aliphatic hydroxyl groups excluding tert-OH is 1. The van der Waals surface area contributed by atoms with Crippen LogP contribution in [0, 0.1) is 39.4 Å². The van der Waals surface area contributed by atoms with E-state index in [1.165, 1.54) is 20.8 Å². The van der Waals surface area contributed by atoms with Gasteiger partial charge in [-0.25, -0.2) is 0 Å². The van der Waals surface area contributed by atoms with Crippen LogP contribution in [0.3, 0.4) is 0 Å². The number of thioether (sulfide) groups is 1. The molecule has 0 spiro atoms. The Balaban J connectivity index is 1.71. The van der Waals surface area contributed by atoms with Gasteiger partial charge in [0.2, 0.25) is 0 Å². The third-order valence-corrected chi connectivity index (χ3v) is 13.3. The van der Waals surface area contributed by atoms with Gasteiger partial charge in [0.1, 0.15) is 17.0 Å². The zero-order valence-electron chi connectivity index (χ0n) is 27.5. The maximum atomic E-state index is 14.5. The summed E-state index contributed by atoms with van der Waals surface area (Å²) in [6, 6.07) is 0. The number of aliphatic hydroxyl groups is 2. The molecule has 0 aromatic carbocycles. The summed E-state index contributed by atoms with van der Waals surface area (Å²) in [5.74, 6) is -2.18. The second-order valence-electron chi connectivity index (χ2n) is 15.7. The average molecular weight is 619 g/mol. The number of allylic oxidation sites excluding steroid dienone is 2. The van der Waals surface area contributed by atoms with Gasteiger partial charge in [-0.15, -0.1) is 0 Å². The molecule has 2 N–H and O–H groups in total. The highest BCUT2D eigenvalue weighted by Gasteiger charge is 2.74. The molecule has 3 fully saturated rings. The molecule has 8 nitrogen and oxygen atoms in total. The van der Waals surface area contributed by atoms with Gasteiger partial charge in [0.05, 0.1) is 11.4 Å². The van der Waals surface area contributed by atoms with Crippen molar-refractivity contribution in [3.63, 3.8) is 0 Å². The fraction of sp³-hybridized carbons (Fsp3) is 0.794. The summed E-state index contributed by atoms with van der Waals surface area (Å²) in [7, 11) is 0. The van der Waals surface area contributed by atoms with Gasteiger partial charge in [0.25, 0.3) is 0 Å². The largest absolute Gasteiger partial charge is 0.460 e. The Bertz CT molecular complexity index is 1280. The zero-order valence-corrected chi connectivity index (χ0v) is 28.3. The quantitative estimate of drug-likeness (QED) is 0.298. The number of ether oxygens (including phenoxy) is 1. The molecule has 0 unspecified atom stereocenters. The van der Waals surface area contributed by atoms with Gasteiger partial charge in [-0.3, -0.25) is 24.0 Å². The summed E-state index contributed by atoms with van der Waals surface area (Å²) < 4.78 is 5.33. The fourth-order valence-corrected chi connectivity index (χ4v) is 11.0. The van der Waals surface area contributed by atoms with Gasteiger partial charge in [-0.1, -0.05) is 44.2 Å². The van der Waals surface area contributed by atoms with Crippen molar-refractivity contribution in [2.24, 2.45) is 39.4 Å². The number of esters is 1. The maximum Gasteiger partial charge on any atom is 0.303 e. The number of fused-ring (bicyclic) bond motifs is 5. The Morgan fingerprint density at radius 1 is 1.05 bits per heavy atom. The van der Waals surface area contributed by atoms with Crippen molar-refractivity contribution in [1.82, 2.24) is 0 Å². The van der Waals surface area contributed by atoms with Crippen molar-refractivity contribution >= 4 is 40.2 Å². The van der Waals surface area contributed by atoms with Crippen molar-refractivity contribution < 1.29 is 38.9 Å². The molecule has 0 amide bonds. The minimum Gasteiger partial charge on any atom is -0.460 e. The Morgan fingerprint density at radius 3 is 2.21 bits per heavy atom. The molecule has 0 radical (unpaired) electrons. The van der Waals surface area contributed by atoms with Crippen LogP contribution in [0.2, 0.25) is 0 Å². The highest BCUT2D eigenvalue weighted by atomic mass is 32.2. The first-order valence-corrected chi connectivity index (χ1v) is 16.4. The minimum atomic E-state index is -1.91. The second kappa shape index (κ2) is 10.6. The van der Waals surface area contributed by atoms with Crippen LogP contribution in [-0.2, 0) is 28.7 Å². The van der Waals surface area contributed by atoms with Crippen LogP contribution < -0.4 is 0 Å². The number of hydrogen-bond donors (Lipinski definition) is 2. The highest BCUT2D eigenvalue weighted by Crippen LogP contribution is 2.74. The van der Waals surface area contributed by atoms with E-state index in [1.54, 1.807) is 13.8 Å². The molecule has 4 aliphatic carbocycles. The van der Waals surface area contributed by atoms with Crippen molar-refractivity contribution in [2.75, 3.05) is 0 Å². The SMILES string of the molecule is CC(=O)OC(C)(C)CCC(=O)[C@](C)(O)[C@H]1[C@H](O)C[C@@]2(C)[C@@H]3CC=C4[C@@H](C[C@H](SC(C)=O)C(=O)C4(C)C)[C@]3(C)C(=O)C[C@]12C. The van der Waals surface area contributed by atoms with Gasteiger partial charge in [-0.05, 0) is 83.0 Å². The molecule has 0 heterocycles. The first-order chi connectivity index (χ1) is 19.5. The molecule has 0 aromatic rings. The molecule has 3 saturated carbocycles. The van der Waals surface area contributed by atoms with E-state index in [2.05, 4.69) is 13.0 Å².